The first-order valence-electron chi connectivity index (χ1n) is 4.73. The van der Waals surface area contributed by atoms with Crippen LogP contribution in [0, 0.1) is 0 Å². The minimum Gasteiger partial charge on any atom is -0.444 e. The molecule has 2 rings (SSSR count). The minimum absolute atomic E-state index is 0.0810. The van der Waals surface area contributed by atoms with Crippen LogP contribution in [0.3, 0.4) is 0 Å². The summed E-state index contributed by atoms with van der Waals surface area (Å²) in [6, 6.07) is 9.63. The van der Waals surface area contributed by atoms with Gasteiger partial charge in [0.25, 0.3) is 0 Å². The summed E-state index contributed by atoms with van der Waals surface area (Å²) in [6.07, 6.45) is 0.533. The van der Waals surface area contributed by atoms with E-state index in [-0.39, 0.29) is 12.2 Å². The second kappa shape index (κ2) is 3.70. The van der Waals surface area contributed by atoms with Gasteiger partial charge in [-0.25, -0.2) is 0 Å². The molecule has 1 aliphatic rings. The van der Waals surface area contributed by atoms with Crippen LogP contribution in [-0.4, -0.2) is 18.3 Å². The van der Waals surface area contributed by atoms with Gasteiger partial charge in [-0.05, 0) is 26.0 Å². The molecule has 0 unspecified atom stereocenters. The van der Waals surface area contributed by atoms with Gasteiger partial charge in [0, 0.05) is 0 Å². The van der Waals surface area contributed by atoms with E-state index in [1.165, 1.54) is 0 Å². The second-order valence-electron chi connectivity index (χ2n) is 3.36. The monoisotopic (exact) mass is 191 g/mol. The van der Waals surface area contributed by atoms with Crippen molar-refractivity contribution in [2.24, 2.45) is 4.99 Å². The highest BCUT2D eigenvalue weighted by atomic mass is 16.7. The Balaban J connectivity index is 2.14. The topological polar surface area (TPSA) is 30.8 Å². The van der Waals surface area contributed by atoms with Crippen molar-refractivity contribution < 1.29 is 9.47 Å². The Morgan fingerprint density at radius 1 is 1.00 bits per heavy atom. The zero-order valence-corrected chi connectivity index (χ0v) is 8.31. The van der Waals surface area contributed by atoms with E-state index in [4.69, 9.17) is 9.47 Å². The predicted molar refractivity (Wildman–Crippen MR) is 54.6 cm³/mol. The van der Waals surface area contributed by atoms with E-state index in [1.807, 2.05) is 44.2 Å². The lowest BCUT2D eigenvalue weighted by molar-refractivity contribution is 0.187. The normalized spacial score (nSPS) is 28.6. The highest BCUT2D eigenvalue weighted by Crippen LogP contribution is 2.18. The summed E-state index contributed by atoms with van der Waals surface area (Å²) in [5.74, 6) is 0. The van der Waals surface area contributed by atoms with Gasteiger partial charge in [-0.2, -0.15) is 4.99 Å². The van der Waals surface area contributed by atoms with Crippen LogP contribution in [-0.2, 0) is 9.47 Å². The average molecular weight is 191 g/mol. The molecule has 2 atom stereocenters. The maximum absolute atomic E-state index is 5.41. The molecule has 3 heteroatoms. The highest BCUT2D eigenvalue weighted by molar-refractivity contribution is 5.72. The Kier molecular flexibility index (Phi) is 2.39. The van der Waals surface area contributed by atoms with Gasteiger partial charge in [0.1, 0.15) is 12.2 Å². The number of nitrogens with zero attached hydrogens (tertiary/aromatic N) is 1. The molecule has 1 saturated heterocycles. The van der Waals surface area contributed by atoms with Crippen LogP contribution in [0.4, 0.5) is 5.69 Å². The lowest BCUT2D eigenvalue weighted by atomic mass is 10.3. The van der Waals surface area contributed by atoms with Gasteiger partial charge >= 0.3 is 6.08 Å². The van der Waals surface area contributed by atoms with Gasteiger partial charge in [0.2, 0.25) is 0 Å². The predicted octanol–water partition coefficient (Wildman–Crippen LogP) is 2.50. The molecule has 0 saturated carbocycles. The first kappa shape index (κ1) is 9.06. The van der Waals surface area contributed by atoms with E-state index in [2.05, 4.69) is 4.99 Å². The summed E-state index contributed by atoms with van der Waals surface area (Å²) in [4.78, 5) is 4.23. The van der Waals surface area contributed by atoms with Crippen LogP contribution in [0.2, 0.25) is 0 Å². The maximum Gasteiger partial charge on any atom is 0.389 e. The molecule has 0 spiro atoms. The molecule has 1 aromatic carbocycles. The maximum atomic E-state index is 5.41. The van der Waals surface area contributed by atoms with Gasteiger partial charge in [-0.3, -0.25) is 0 Å². The Hall–Kier alpha value is -1.51. The van der Waals surface area contributed by atoms with Crippen molar-refractivity contribution >= 4 is 11.8 Å². The fourth-order valence-electron chi connectivity index (χ4n) is 1.20. The lowest BCUT2D eigenvalue weighted by Gasteiger charge is -2.01. The Bertz CT molecular complexity index is 322. The first-order valence-corrected chi connectivity index (χ1v) is 4.73. The van der Waals surface area contributed by atoms with Crippen LogP contribution in [0.5, 0.6) is 0 Å². The van der Waals surface area contributed by atoms with Gasteiger partial charge in [0.05, 0.1) is 5.69 Å². The van der Waals surface area contributed by atoms with Crippen molar-refractivity contribution in [3.05, 3.63) is 30.3 Å². The quantitative estimate of drug-likeness (QED) is 0.682. The number of ether oxygens (including phenoxy) is 2. The van der Waals surface area contributed by atoms with Crippen molar-refractivity contribution in [3.63, 3.8) is 0 Å². The molecule has 1 aromatic rings. The molecule has 0 N–H and O–H groups in total. The van der Waals surface area contributed by atoms with Gasteiger partial charge in [-0.1, -0.05) is 18.2 Å². The molecule has 0 aromatic heterocycles. The molecule has 1 aliphatic heterocycles. The molecular weight excluding hydrogens is 178 g/mol. The molecule has 0 amide bonds. The summed E-state index contributed by atoms with van der Waals surface area (Å²) in [5.41, 5.74) is 0.851. The fraction of sp³-hybridized carbons (Fsp3) is 0.364. The molecule has 0 bridgehead atoms. The van der Waals surface area contributed by atoms with E-state index in [9.17, 15) is 0 Å². The summed E-state index contributed by atoms with van der Waals surface area (Å²) in [7, 11) is 0. The zero-order chi connectivity index (χ0) is 9.97. The Morgan fingerprint density at radius 3 is 2.14 bits per heavy atom. The number of para-hydroxylation sites is 1. The highest BCUT2D eigenvalue weighted by Gasteiger charge is 2.27. The zero-order valence-electron chi connectivity index (χ0n) is 8.31. The lowest BCUT2D eigenvalue weighted by Crippen LogP contribution is -2.13. The Morgan fingerprint density at radius 2 is 1.57 bits per heavy atom. The molecule has 3 nitrogen and oxygen atoms in total. The smallest absolute Gasteiger partial charge is 0.389 e. The molecule has 14 heavy (non-hydrogen) atoms. The molecule has 1 fully saturated rings. The number of hydrogen-bond acceptors (Lipinski definition) is 3. The number of hydrogen-bond donors (Lipinski definition) is 0. The van der Waals surface area contributed by atoms with Gasteiger partial charge < -0.3 is 9.47 Å². The van der Waals surface area contributed by atoms with E-state index in [0.717, 1.165) is 5.69 Å². The van der Waals surface area contributed by atoms with Crippen molar-refractivity contribution in [2.45, 2.75) is 26.1 Å². The SMILES string of the molecule is C[C@@H]1OC(=Nc2ccccc2)O[C@@H]1C. The van der Waals surface area contributed by atoms with Gasteiger partial charge in [-0.15, -0.1) is 0 Å². The number of benzene rings is 1. The van der Waals surface area contributed by atoms with E-state index < -0.39 is 0 Å². The van der Waals surface area contributed by atoms with E-state index in [1.54, 1.807) is 0 Å². The summed E-state index contributed by atoms with van der Waals surface area (Å²) in [6.45, 7) is 3.94. The number of rotatable bonds is 1. The third kappa shape index (κ3) is 1.87. The molecule has 1 heterocycles. The van der Waals surface area contributed by atoms with E-state index >= 15 is 0 Å². The first-order chi connectivity index (χ1) is 6.75. The van der Waals surface area contributed by atoms with Crippen LogP contribution in [0.15, 0.2) is 35.3 Å². The minimum atomic E-state index is 0.0810. The standard InChI is InChI=1S/C11H13NO2/c1-8-9(2)14-11(13-8)12-10-6-4-3-5-7-10/h3-9H,1-2H3/t8-,9+. The van der Waals surface area contributed by atoms with Crippen molar-refractivity contribution in [1.82, 2.24) is 0 Å². The van der Waals surface area contributed by atoms with Crippen LogP contribution < -0.4 is 0 Å². The van der Waals surface area contributed by atoms with E-state index in [0.29, 0.717) is 6.08 Å². The molecule has 74 valence electrons. The molecular formula is C11H13NO2. The third-order valence-corrected chi connectivity index (χ3v) is 2.21. The summed E-state index contributed by atoms with van der Waals surface area (Å²) < 4.78 is 10.8. The summed E-state index contributed by atoms with van der Waals surface area (Å²) in [5, 5.41) is 0. The van der Waals surface area contributed by atoms with Crippen LogP contribution in [0.1, 0.15) is 13.8 Å². The summed E-state index contributed by atoms with van der Waals surface area (Å²) >= 11 is 0. The average Bonchev–Trinajstić information content (AvgIpc) is 2.47. The van der Waals surface area contributed by atoms with Crippen molar-refractivity contribution in [2.75, 3.05) is 0 Å². The van der Waals surface area contributed by atoms with Crippen molar-refractivity contribution in [1.29, 1.82) is 0 Å². The van der Waals surface area contributed by atoms with Gasteiger partial charge in [0.15, 0.2) is 0 Å². The fourth-order valence-corrected chi connectivity index (χ4v) is 1.20. The van der Waals surface area contributed by atoms with Crippen LogP contribution in [0.25, 0.3) is 0 Å². The van der Waals surface area contributed by atoms with Crippen LogP contribution >= 0.6 is 0 Å². The molecule has 0 radical (unpaired) electrons. The molecule has 0 aliphatic carbocycles. The van der Waals surface area contributed by atoms with Crippen molar-refractivity contribution in [3.8, 4) is 0 Å². The largest absolute Gasteiger partial charge is 0.444 e. The Labute approximate surface area is 83.4 Å². The second-order valence-corrected chi connectivity index (χ2v) is 3.36. The third-order valence-electron chi connectivity index (χ3n) is 2.21. The number of aliphatic imine (C=N–C) groups is 1.